The zero-order valence-corrected chi connectivity index (χ0v) is 27.1. The summed E-state index contributed by atoms with van der Waals surface area (Å²) in [5.41, 5.74) is 9.65. The van der Waals surface area contributed by atoms with Crippen molar-refractivity contribution in [3.05, 3.63) is 130 Å². The van der Waals surface area contributed by atoms with Gasteiger partial charge in [0.05, 0.1) is 10.8 Å². The molecule has 3 aromatic carbocycles. The Balaban J connectivity index is 1.60. The number of carboxylic acid groups (broad SMARTS) is 1. The molecule has 0 unspecified atom stereocenters. The minimum atomic E-state index is -1.27. The number of nitrogens with one attached hydrogen (secondary N) is 2. The number of thiol groups is 1. The molecule has 1 heterocycles. The van der Waals surface area contributed by atoms with E-state index in [1.54, 1.807) is 25.6 Å². The van der Waals surface area contributed by atoms with Gasteiger partial charge in [-0.3, -0.25) is 9.59 Å². The summed E-state index contributed by atoms with van der Waals surface area (Å²) in [5, 5.41) is 17.0. The zero-order chi connectivity index (χ0) is 31.7. The summed E-state index contributed by atoms with van der Waals surface area (Å²) in [6.07, 6.45) is 0.191. The molecule has 10 heteroatoms. The molecular formula is C34H37N3O4S3. The SMILES string of the molecule is CC(C)(S)[C@@H](NC(=O)[C@@H](Cc1cccs1)NC(=O)[C@@H](N)CSC(c1ccccc1)(c1ccccc1)c1ccccc1)C(=O)O. The number of carbonyl (C=O) groups is 3. The van der Waals surface area contributed by atoms with Crippen molar-refractivity contribution in [2.24, 2.45) is 5.73 Å². The van der Waals surface area contributed by atoms with Crippen LogP contribution in [-0.4, -0.2) is 51.5 Å². The van der Waals surface area contributed by atoms with E-state index < -0.39 is 45.4 Å². The molecule has 0 fully saturated rings. The lowest BCUT2D eigenvalue weighted by molar-refractivity contribution is -0.143. The first kappa shape index (κ1) is 33.3. The van der Waals surface area contributed by atoms with E-state index in [9.17, 15) is 19.5 Å². The van der Waals surface area contributed by atoms with Crippen LogP contribution >= 0.6 is 35.7 Å². The van der Waals surface area contributed by atoms with Crippen LogP contribution in [0, 0.1) is 0 Å². The maximum absolute atomic E-state index is 13.6. The van der Waals surface area contributed by atoms with Crippen LogP contribution in [0.3, 0.4) is 0 Å². The standard InChI is InChI=1S/C34H37N3O4S3/c1-33(2,42)29(32(40)41)37-31(39)28(21-26-19-12-20-43-26)36-30(38)27(35)22-44-34(23-13-6-3-7-14-23,24-15-8-4-9-16-24)25-17-10-5-11-18-25/h3-20,27-29,42H,21-22,35H2,1-2H3,(H,36,38)(H,37,39)(H,40,41)/t27-,28+,29-/m0/s1. The van der Waals surface area contributed by atoms with Crippen LogP contribution in [0.15, 0.2) is 109 Å². The van der Waals surface area contributed by atoms with E-state index in [0.29, 0.717) is 0 Å². The van der Waals surface area contributed by atoms with Crippen molar-refractivity contribution < 1.29 is 19.5 Å². The van der Waals surface area contributed by atoms with Crippen molar-refractivity contribution in [2.75, 3.05) is 5.75 Å². The topological polar surface area (TPSA) is 122 Å². The Morgan fingerprint density at radius 3 is 1.73 bits per heavy atom. The molecule has 2 amide bonds. The molecule has 230 valence electrons. The monoisotopic (exact) mass is 647 g/mol. The van der Waals surface area contributed by atoms with Gasteiger partial charge in [0.2, 0.25) is 11.8 Å². The van der Waals surface area contributed by atoms with Crippen LogP contribution in [0.5, 0.6) is 0 Å². The summed E-state index contributed by atoms with van der Waals surface area (Å²) < 4.78 is -1.70. The molecular weight excluding hydrogens is 611 g/mol. The predicted molar refractivity (Wildman–Crippen MR) is 182 cm³/mol. The van der Waals surface area contributed by atoms with Gasteiger partial charge in [-0.05, 0) is 42.0 Å². The number of carbonyl (C=O) groups excluding carboxylic acids is 2. The van der Waals surface area contributed by atoms with Crippen molar-refractivity contribution >= 4 is 53.5 Å². The second-order valence-corrected chi connectivity index (χ2v) is 14.4. The largest absolute Gasteiger partial charge is 0.480 e. The number of amides is 2. The lowest BCUT2D eigenvalue weighted by Crippen LogP contribution is -2.59. The van der Waals surface area contributed by atoms with Gasteiger partial charge in [0, 0.05) is 21.8 Å². The molecule has 44 heavy (non-hydrogen) atoms. The summed E-state index contributed by atoms with van der Waals surface area (Å²) in [4.78, 5) is 39.7. The van der Waals surface area contributed by atoms with Gasteiger partial charge >= 0.3 is 5.97 Å². The highest BCUT2D eigenvalue weighted by Crippen LogP contribution is 2.48. The van der Waals surface area contributed by atoms with Gasteiger partial charge in [0.1, 0.15) is 12.1 Å². The predicted octanol–water partition coefficient (Wildman–Crippen LogP) is 5.11. The van der Waals surface area contributed by atoms with Crippen LogP contribution in [0.25, 0.3) is 0 Å². The number of carboxylic acids is 1. The molecule has 7 nitrogen and oxygen atoms in total. The third kappa shape index (κ3) is 8.12. The highest BCUT2D eigenvalue weighted by Gasteiger charge is 2.39. The normalized spacial score (nSPS) is 13.8. The molecule has 0 saturated heterocycles. The van der Waals surface area contributed by atoms with Crippen LogP contribution < -0.4 is 16.4 Å². The first-order valence-electron chi connectivity index (χ1n) is 14.2. The van der Waals surface area contributed by atoms with Crippen molar-refractivity contribution in [3.63, 3.8) is 0 Å². The number of hydrogen-bond acceptors (Lipinski definition) is 7. The number of thioether (sulfide) groups is 1. The summed E-state index contributed by atoms with van der Waals surface area (Å²) in [5.74, 6) is -2.10. The molecule has 3 atom stereocenters. The maximum atomic E-state index is 13.6. The molecule has 0 aliphatic carbocycles. The molecule has 1 aromatic heterocycles. The quantitative estimate of drug-likeness (QED) is 0.0959. The average molecular weight is 648 g/mol. The van der Waals surface area contributed by atoms with Gasteiger partial charge in [-0.15, -0.1) is 23.1 Å². The Hall–Kier alpha value is -3.57. The second-order valence-electron chi connectivity index (χ2n) is 11.0. The molecule has 4 rings (SSSR count). The Bertz CT molecular complexity index is 1420. The zero-order valence-electron chi connectivity index (χ0n) is 24.6. The lowest BCUT2D eigenvalue weighted by atomic mass is 9.84. The molecule has 0 aliphatic heterocycles. The van der Waals surface area contributed by atoms with Gasteiger partial charge < -0.3 is 21.5 Å². The third-order valence-electron chi connectivity index (χ3n) is 7.22. The number of hydrogen-bond donors (Lipinski definition) is 5. The van der Waals surface area contributed by atoms with E-state index in [0.717, 1.165) is 21.6 Å². The number of thiophene rings is 1. The summed E-state index contributed by atoms with van der Waals surface area (Å²) in [6.45, 7) is 3.21. The number of aliphatic carboxylic acids is 1. The van der Waals surface area contributed by atoms with Crippen LogP contribution in [0.2, 0.25) is 0 Å². The highest BCUT2D eigenvalue weighted by molar-refractivity contribution is 8.00. The van der Waals surface area contributed by atoms with Crippen LogP contribution in [0.4, 0.5) is 0 Å². The Labute approximate surface area is 272 Å². The number of nitrogens with two attached hydrogens (primary N) is 1. The molecule has 0 radical (unpaired) electrons. The van der Waals surface area contributed by atoms with E-state index in [1.165, 1.54) is 11.3 Å². The number of benzene rings is 3. The van der Waals surface area contributed by atoms with E-state index in [-0.39, 0.29) is 12.2 Å². The minimum absolute atomic E-state index is 0.191. The van der Waals surface area contributed by atoms with Crippen molar-refractivity contribution in [1.29, 1.82) is 0 Å². The Morgan fingerprint density at radius 1 is 0.818 bits per heavy atom. The van der Waals surface area contributed by atoms with E-state index in [1.807, 2.05) is 72.1 Å². The first-order chi connectivity index (χ1) is 21.0. The van der Waals surface area contributed by atoms with E-state index in [4.69, 9.17) is 5.73 Å². The molecule has 0 spiro atoms. The maximum Gasteiger partial charge on any atom is 0.327 e. The summed E-state index contributed by atoms with van der Waals surface area (Å²) >= 11 is 7.36. The molecule has 4 aromatic rings. The smallest absolute Gasteiger partial charge is 0.327 e. The van der Waals surface area contributed by atoms with Gasteiger partial charge in [-0.25, -0.2) is 4.79 Å². The van der Waals surface area contributed by atoms with Crippen molar-refractivity contribution in [3.8, 4) is 0 Å². The molecule has 0 aliphatic rings. The van der Waals surface area contributed by atoms with Gasteiger partial charge in [0.15, 0.2) is 0 Å². The Morgan fingerprint density at radius 2 is 1.32 bits per heavy atom. The molecule has 5 N–H and O–H groups in total. The lowest BCUT2D eigenvalue weighted by Gasteiger charge is -2.36. The minimum Gasteiger partial charge on any atom is -0.480 e. The van der Waals surface area contributed by atoms with E-state index in [2.05, 4.69) is 59.7 Å². The van der Waals surface area contributed by atoms with Gasteiger partial charge in [-0.1, -0.05) is 97.1 Å². The molecule has 0 bridgehead atoms. The van der Waals surface area contributed by atoms with Crippen LogP contribution in [0.1, 0.15) is 35.4 Å². The van der Waals surface area contributed by atoms with Gasteiger partial charge in [0.25, 0.3) is 0 Å². The van der Waals surface area contributed by atoms with Gasteiger partial charge in [-0.2, -0.15) is 12.6 Å². The second kappa shape index (κ2) is 14.9. The van der Waals surface area contributed by atoms with Crippen molar-refractivity contribution in [2.45, 2.75) is 47.9 Å². The van der Waals surface area contributed by atoms with Crippen LogP contribution in [-0.2, 0) is 25.6 Å². The fourth-order valence-electron chi connectivity index (χ4n) is 4.96. The fraction of sp³-hybridized carbons (Fsp3) is 0.265. The fourth-order valence-corrected chi connectivity index (χ4v) is 7.38. The van der Waals surface area contributed by atoms with Crippen molar-refractivity contribution in [1.82, 2.24) is 10.6 Å². The number of rotatable bonds is 14. The first-order valence-corrected chi connectivity index (χ1v) is 16.5. The van der Waals surface area contributed by atoms with E-state index >= 15 is 0 Å². The average Bonchev–Trinajstić information content (AvgIpc) is 3.53. The third-order valence-corrected chi connectivity index (χ3v) is 10.0. The summed E-state index contributed by atoms with van der Waals surface area (Å²) in [6, 6.07) is 30.7. The highest BCUT2D eigenvalue weighted by atomic mass is 32.2. The summed E-state index contributed by atoms with van der Waals surface area (Å²) in [7, 11) is 0. The molecule has 0 saturated carbocycles. The Kier molecular flexibility index (Phi) is 11.3.